The van der Waals surface area contributed by atoms with E-state index in [1.807, 2.05) is 6.92 Å². The Bertz CT molecular complexity index is 216. The molecule has 1 N–H and O–H groups in total. The lowest BCUT2D eigenvalue weighted by atomic mass is 10.1. The summed E-state index contributed by atoms with van der Waals surface area (Å²) in [6.45, 7) is 4.62. The molecule has 2 nitrogen and oxygen atoms in total. The lowest BCUT2D eigenvalue weighted by Crippen LogP contribution is -2.49. The number of halogens is 2. The summed E-state index contributed by atoms with van der Waals surface area (Å²) in [5, 5.41) is 2.36. The van der Waals surface area contributed by atoms with Crippen LogP contribution in [0.2, 0.25) is 0 Å². The molecule has 76 valence electrons. The Morgan fingerprint density at radius 3 is 2.31 bits per heavy atom. The number of carbonyl (C=O) groups excluding carboxylic acids is 1. The first kappa shape index (κ1) is 10.4. The fourth-order valence-corrected chi connectivity index (χ4v) is 1.15. The van der Waals surface area contributed by atoms with E-state index in [4.69, 9.17) is 0 Å². The van der Waals surface area contributed by atoms with Crippen molar-refractivity contribution in [3.05, 3.63) is 0 Å². The lowest BCUT2D eigenvalue weighted by Gasteiger charge is -2.25. The van der Waals surface area contributed by atoms with Crippen molar-refractivity contribution in [1.29, 1.82) is 0 Å². The smallest absolute Gasteiger partial charge is 0.260 e. The molecule has 1 amide bonds. The van der Waals surface area contributed by atoms with E-state index in [1.54, 1.807) is 0 Å². The molecule has 13 heavy (non-hydrogen) atoms. The van der Waals surface area contributed by atoms with Gasteiger partial charge in [-0.25, -0.2) is 8.78 Å². The number of hydrogen-bond donors (Lipinski definition) is 1. The second-order valence-electron chi connectivity index (χ2n) is 4.33. The van der Waals surface area contributed by atoms with Crippen molar-refractivity contribution < 1.29 is 13.6 Å². The van der Waals surface area contributed by atoms with E-state index < -0.39 is 12.0 Å². The van der Waals surface area contributed by atoms with Crippen LogP contribution < -0.4 is 5.32 Å². The number of amides is 1. The van der Waals surface area contributed by atoms with Crippen molar-refractivity contribution in [3.63, 3.8) is 0 Å². The average molecular weight is 191 g/mol. The van der Waals surface area contributed by atoms with Crippen LogP contribution in [-0.2, 0) is 4.79 Å². The molecule has 4 heteroatoms. The van der Waals surface area contributed by atoms with Gasteiger partial charge in [0.25, 0.3) is 6.43 Å². The second kappa shape index (κ2) is 3.24. The van der Waals surface area contributed by atoms with Crippen molar-refractivity contribution in [1.82, 2.24) is 5.32 Å². The molecule has 0 aromatic carbocycles. The first-order chi connectivity index (χ1) is 5.84. The number of carbonyl (C=O) groups is 1. The third-order valence-electron chi connectivity index (χ3n) is 2.44. The minimum absolute atomic E-state index is 0.0435. The Hall–Kier alpha value is -0.670. The number of alkyl halides is 2. The summed E-state index contributed by atoms with van der Waals surface area (Å²) < 4.78 is 24.7. The summed E-state index contributed by atoms with van der Waals surface area (Å²) in [6.07, 6.45) is -1.70. The maximum Gasteiger partial charge on any atom is 0.260 e. The predicted octanol–water partition coefficient (Wildman–Crippen LogP) is 1.80. The zero-order chi connectivity index (χ0) is 10.2. The van der Waals surface area contributed by atoms with Gasteiger partial charge in [0.15, 0.2) is 0 Å². The highest BCUT2D eigenvalue weighted by molar-refractivity contribution is 5.82. The summed E-state index contributed by atoms with van der Waals surface area (Å²) in [6, 6.07) is 0. The van der Waals surface area contributed by atoms with Crippen LogP contribution in [0, 0.1) is 11.8 Å². The van der Waals surface area contributed by atoms with Crippen LogP contribution in [0.3, 0.4) is 0 Å². The number of hydrogen-bond acceptors (Lipinski definition) is 1. The van der Waals surface area contributed by atoms with Crippen LogP contribution >= 0.6 is 0 Å². The molecule has 0 saturated heterocycles. The largest absolute Gasteiger partial charge is 0.345 e. The van der Waals surface area contributed by atoms with Gasteiger partial charge in [0.1, 0.15) is 0 Å². The molecular formula is C9H15F2NO. The quantitative estimate of drug-likeness (QED) is 0.724. The van der Waals surface area contributed by atoms with Gasteiger partial charge in [0.2, 0.25) is 5.91 Å². The fraction of sp³-hybridized carbons (Fsp3) is 0.889. The zero-order valence-corrected chi connectivity index (χ0v) is 8.10. The van der Waals surface area contributed by atoms with E-state index in [9.17, 15) is 13.6 Å². The van der Waals surface area contributed by atoms with Gasteiger partial charge in [-0.3, -0.25) is 4.79 Å². The Kier molecular flexibility index (Phi) is 2.59. The zero-order valence-electron chi connectivity index (χ0n) is 8.10. The molecule has 0 aromatic rings. The minimum atomic E-state index is -2.52. The van der Waals surface area contributed by atoms with Gasteiger partial charge in [-0.05, 0) is 26.2 Å². The van der Waals surface area contributed by atoms with Crippen LogP contribution in [-0.4, -0.2) is 17.9 Å². The van der Waals surface area contributed by atoms with Crippen molar-refractivity contribution >= 4 is 5.91 Å². The highest BCUT2D eigenvalue weighted by Gasteiger charge is 2.42. The van der Waals surface area contributed by atoms with E-state index in [2.05, 4.69) is 5.32 Å². The fourth-order valence-electron chi connectivity index (χ4n) is 1.15. The molecule has 1 fully saturated rings. The highest BCUT2D eigenvalue weighted by atomic mass is 19.3. The van der Waals surface area contributed by atoms with E-state index >= 15 is 0 Å². The van der Waals surface area contributed by atoms with Crippen molar-refractivity contribution in [2.75, 3.05) is 0 Å². The molecule has 0 aliphatic heterocycles. The van der Waals surface area contributed by atoms with Gasteiger partial charge in [0, 0.05) is 5.92 Å². The summed E-state index contributed by atoms with van der Waals surface area (Å²) >= 11 is 0. The molecule has 1 aliphatic rings. The first-order valence-corrected chi connectivity index (χ1v) is 4.45. The standard InChI is InChI=1S/C9H15F2NO/c1-5-4-6(5)7(13)12-9(2,3)8(10)11/h5-6,8H,4H2,1-3H3,(H,12,13). The third kappa shape index (κ3) is 2.39. The topological polar surface area (TPSA) is 29.1 Å². The van der Waals surface area contributed by atoms with Crippen LogP contribution in [0.15, 0.2) is 0 Å². The molecule has 1 rings (SSSR count). The Morgan fingerprint density at radius 1 is 1.54 bits per heavy atom. The average Bonchev–Trinajstić information content (AvgIpc) is 2.65. The van der Waals surface area contributed by atoms with Crippen molar-refractivity contribution in [2.24, 2.45) is 11.8 Å². The maximum atomic E-state index is 12.3. The molecule has 0 radical (unpaired) electrons. The van der Waals surface area contributed by atoms with Gasteiger partial charge in [-0.15, -0.1) is 0 Å². The molecule has 2 atom stereocenters. The monoisotopic (exact) mass is 191 g/mol. The van der Waals surface area contributed by atoms with E-state index in [0.717, 1.165) is 6.42 Å². The molecule has 1 aliphatic carbocycles. The first-order valence-electron chi connectivity index (χ1n) is 4.45. The van der Waals surface area contributed by atoms with Crippen molar-refractivity contribution in [2.45, 2.75) is 39.2 Å². The molecule has 2 unspecified atom stereocenters. The van der Waals surface area contributed by atoms with Crippen molar-refractivity contribution in [3.8, 4) is 0 Å². The molecule has 0 heterocycles. The summed E-state index contributed by atoms with van der Waals surface area (Å²) in [5.74, 6) is 0.0734. The Labute approximate surface area is 76.7 Å². The minimum Gasteiger partial charge on any atom is -0.345 e. The van der Waals surface area contributed by atoms with Gasteiger partial charge >= 0.3 is 0 Å². The van der Waals surface area contributed by atoms with E-state index in [-0.39, 0.29) is 11.8 Å². The summed E-state index contributed by atoms with van der Waals surface area (Å²) in [4.78, 5) is 11.3. The number of nitrogens with one attached hydrogen (secondary N) is 1. The van der Waals surface area contributed by atoms with Crippen LogP contribution in [0.4, 0.5) is 8.78 Å². The van der Waals surface area contributed by atoms with Gasteiger partial charge in [-0.1, -0.05) is 6.92 Å². The van der Waals surface area contributed by atoms with Gasteiger partial charge < -0.3 is 5.32 Å². The Balaban J connectivity index is 2.44. The molecular weight excluding hydrogens is 176 g/mol. The molecule has 0 aromatic heterocycles. The second-order valence-corrected chi connectivity index (χ2v) is 4.33. The third-order valence-corrected chi connectivity index (χ3v) is 2.44. The van der Waals surface area contributed by atoms with Crippen LogP contribution in [0.5, 0.6) is 0 Å². The molecule has 1 saturated carbocycles. The molecule has 0 spiro atoms. The van der Waals surface area contributed by atoms with Gasteiger partial charge in [0.05, 0.1) is 5.54 Å². The SMILES string of the molecule is CC1CC1C(=O)NC(C)(C)C(F)F. The summed E-state index contributed by atoms with van der Waals surface area (Å²) in [5.41, 5.74) is -1.40. The number of rotatable bonds is 3. The summed E-state index contributed by atoms with van der Waals surface area (Å²) in [7, 11) is 0. The van der Waals surface area contributed by atoms with Crippen LogP contribution in [0.25, 0.3) is 0 Å². The maximum absolute atomic E-state index is 12.3. The van der Waals surface area contributed by atoms with E-state index in [1.165, 1.54) is 13.8 Å². The normalized spacial score (nSPS) is 27.5. The predicted molar refractivity (Wildman–Crippen MR) is 45.5 cm³/mol. The Morgan fingerprint density at radius 2 is 2.00 bits per heavy atom. The highest BCUT2D eigenvalue weighted by Crippen LogP contribution is 2.38. The lowest BCUT2D eigenvalue weighted by molar-refractivity contribution is -0.126. The van der Waals surface area contributed by atoms with Crippen LogP contribution in [0.1, 0.15) is 27.2 Å². The van der Waals surface area contributed by atoms with E-state index in [0.29, 0.717) is 5.92 Å². The van der Waals surface area contributed by atoms with Gasteiger partial charge in [-0.2, -0.15) is 0 Å². The molecule has 0 bridgehead atoms.